The highest BCUT2D eigenvalue weighted by Gasteiger charge is 2.20. The number of aryl methyl sites for hydroxylation is 2. The van der Waals surface area contributed by atoms with Crippen LogP contribution in [0.2, 0.25) is 5.02 Å². The van der Waals surface area contributed by atoms with Gasteiger partial charge >= 0.3 is 5.97 Å². The summed E-state index contributed by atoms with van der Waals surface area (Å²) in [5.74, 6) is -1.24. The smallest absolute Gasteiger partial charge is 0.339 e. The molecule has 0 bridgehead atoms. The van der Waals surface area contributed by atoms with Crippen LogP contribution in [0.5, 0.6) is 0 Å². The third-order valence-electron chi connectivity index (χ3n) is 5.22. The predicted molar refractivity (Wildman–Crippen MR) is 127 cm³/mol. The lowest BCUT2D eigenvalue weighted by molar-refractivity contribution is -0.385. The van der Waals surface area contributed by atoms with Crippen molar-refractivity contribution in [3.63, 3.8) is 0 Å². The first-order chi connectivity index (χ1) is 15.8. The van der Waals surface area contributed by atoms with E-state index in [4.69, 9.17) is 16.3 Å². The van der Waals surface area contributed by atoms with Crippen LogP contribution >= 0.6 is 22.9 Å². The molecule has 0 N–H and O–H groups in total. The Balaban J connectivity index is 1.66. The molecule has 2 aromatic heterocycles. The minimum Gasteiger partial charge on any atom is -0.454 e. The van der Waals surface area contributed by atoms with E-state index < -0.39 is 23.3 Å². The van der Waals surface area contributed by atoms with Crippen LogP contribution in [-0.2, 0) is 4.74 Å². The first-order valence-corrected chi connectivity index (χ1v) is 11.1. The number of esters is 1. The third-order valence-corrected chi connectivity index (χ3v) is 6.53. The summed E-state index contributed by atoms with van der Waals surface area (Å²) in [6.45, 7) is 2.85. The van der Waals surface area contributed by atoms with Crippen LogP contribution in [0, 0.1) is 24.0 Å². The first-order valence-electron chi connectivity index (χ1n) is 9.85. The summed E-state index contributed by atoms with van der Waals surface area (Å²) < 4.78 is 5.31. The van der Waals surface area contributed by atoms with Crippen LogP contribution in [0.1, 0.15) is 31.8 Å². The molecular weight excluding hydrogens is 464 g/mol. The highest BCUT2D eigenvalue weighted by atomic mass is 35.5. The number of Topliss-reactive ketones (excluding diaryl/α,β-unsaturated/α-hetero) is 1. The number of nitro groups is 1. The number of aromatic nitrogens is 1. The van der Waals surface area contributed by atoms with E-state index in [0.29, 0.717) is 27.2 Å². The molecule has 7 nitrogen and oxygen atoms in total. The number of rotatable bonds is 6. The molecule has 0 aliphatic rings. The number of nitro benzene ring substituents is 1. The Morgan fingerprint density at radius 3 is 2.64 bits per heavy atom. The number of ketones is 1. The fourth-order valence-electron chi connectivity index (χ4n) is 3.40. The minimum atomic E-state index is -0.697. The summed E-state index contributed by atoms with van der Waals surface area (Å²) in [5.41, 5.74) is 2.51. The standard InChI is InChI=1S/C24H17ClN2O5S/c1-13-5-6-15(10-20(13)27(30)31)21(28)12-32-24(29)17-11-19(22-4-3-9-33-22)26-23-14(2)18(25)8-7-16(17)23/h3-11H,12H2,1-2H3. The van der Waals surface area contributed by atoms with Crippen molar-refractivity contribution in [1.82, 2.24) is 4.98 Å². The molecule has 33 heavy (non-hydrogen) atoms. The number of benzene rings is 2. The maximum absolute atomic E-state index is 13.0. The Hall–Kier alpha value is -3.62. The maximum Gasteiger partial charge on any atom is 0.339 e. The largest absolute Gasteiger partial charge is 0.454 e. The fraction of sp³-hybridized carbons (Fsp3) is 0.125. The van der Waals surface area contributed by atoms with E-state index in [1.807, 2.05) is 24.4 Å². The molecule has 2 aromatic carbocycles. The molecule has 0 radical (unpaired) electrons. The summed E-state index contributed by atoms with van der Waals surface area (Å²) in [5, 5.41) is 14.1. The van der Waals surface area contributed by atoms with E-state index in [1.165, 1.54) is 29.5 Å². The summed E-state index contributed by atoms with van der Waals surface area (Å²) in [6, 6.07) is 12.9. The molecule has 0 aliphatic carbocycles. The van der Waals surface area contributed by atoms with E-state index in [9.17, 15) is 19.7 Å². The van der Waals surface area contributed by atoms with Gasteiger partial charge in [-0.3, -0.25) is 14.9 Å². The molecule has 0 saturated heterocycles. The Bertz CT molecular complexity index is 1420. The van der Waals surface area contributed by atoms with Gasteiger partial charge in [-0.25, -0.2) is 9.78 Å². The van der Waals surface area contributed by atoms with E-state index in [2.05, 4.69) is 4.98 Å². The van der Waals surface area contributed by atoms with Gasteiger partial charge in [-0.05, 0) is 43.0 Å². The van der Waals surface area contributed by atoms with E-state index in [-0.39, 0.29) is 16.8 Å². The lowest BCUT2D eigenvalue weighted by atomic mass is 10.0. The predicted octanol–water partition coefficient (Wildman–Crippen LogP) is 6.18. The van der Waals surface area contributed by atoms with Gasteiger partial charge in [0.2, 0.25) is 5.78 Å². The Morgan fingerprint density at radius 2 is 1.94 bits per heavy atom. The van der Waals surface area contributed by atoms with Crippen molar-refractivity contribution in [1.29, 1.82) is 0 Å². The topological polar surface area (TPSA) is 99.4 Å². The minimum absolute atomic E-state index is 0.0987. The number of ether oxygens (including phenoxy) is 1. The molecule has 0 aliphatic heterocycles. The summed E-state index contributed by atoms with van der Waals surface area (Å²) >= 11 is 7.75. The number of hydrogen-bond donors (Lipinski definition) is 0. The molecule has 0 unspecified atom stereocenters. The molecule has 0 spiro atoms. The van der Waals surface area contributed by atoms with Crippen molar-refractivity contribution in [2.75, 3.05) is 6.61 Å². The second kappa shape index (κ2) is 9.09. The van der Waals surface area contributed by atoms with Gasteiger partial charge in [-0.15, -0.1) is 11.3 Å². The Kier molecular flexibility index (Phi) is 6.22. The van der Waals surface area contributed by atoms with Crippen molar-refractivity contribution < 1.29 is 19.2 Å². The average Bonchev–Trinajstić information content (AvgIpc) is 3.34. The van der Waals surface area contributed by atoms with Crippen LogP contribution < -0.4 is 0 Å². The molecule has 4 rings (SSSR count). The van der Waals surface area contributed by atoms with Gasteiger partial charge in [0, 0.05) is 27.6 Å². The van der Waals surface area contributed by atoms with Gasteiger partial charge < -0.3 is 4.74 Å². The number of pyridine rings is 1. The van der Waals surface area contributed by atoms with Crippen molar-refractivity contribution in [3.05, 3.63) is 91.3 Å². The van der Waals surface area contributed by atoms with Gasteiger partial charge in [0.25, 0.3) is 5.69 Å². The normalized spacial score (nSPS) is 10.9. The Labute approximate surface area is 197 Å². The molecule has 0 amide bonds. The number of thiophene rings is 1. The Morgan fingerprint density at radius 1 is 1.15 bits per heavy atom. The van der Waals surface area contributed by atoms with Crippen LogP contribution in [-0.4, -0.2) is 28.3 Å². The quantitative estimate of drug-likeness (QED) is 0.141. The zero-order chi connectivity index (χ0) is 23.7. The van der Waals surface area contributed by atoms with Gasteiger partial charge in [-0.2, -0.15) is 0 Å². The second-order valence-electron chi connectivity index (χ2n) is 7.36. The molecule has 0 atom stereocenters. The van der Waals surface area contributed by atoms with Crippen molar-refractivity contribution in [2.45, 2.75) is 13.8 Å². The number of carbonyl (C=O) groups is 2. The SMILES string of the molecule is Cc1ccc(C(=O)COC(=O)c2cc(-c3cccs3)nc3c(C)c(Cl)ccc23)cc1[N+](=O)[O-]. The number of halogens is 1. The third kappa shape index (κ3) is 4.48. The van der Waals surface area contributed by atoms with Crippen LogP contribution in [0.15, 0.2) is 53.9 Å². The lowest BCUT2D eigenvalue weighted by Gasteiger charge is -2.11. The zero-order valence-electron chi connectivity index (χ0n) is 17.6. The number of nitrogens with zero attached hydrogens (tertiary/aromatic N) is 2. The number of fused-ring (bicyclic) bond motifs is 1. The monoisotopic (exact) mass is 480 g/mol. The molecule has 0 fully saturated rings. The highest BCUT2D eigenvalue weighted by Crippen LogP contribution is 2.32. The van der Waals surface area contributed by atoms with E-state index in [1.54, 1.807) is 25.1 Å². The second-order valence-corrected chi connectivity index (χ2v) is 8.71. The molecule has 9 heteroatoms. The van der Waals surface area contributed by atoms with Crippen molar-refractivity contribution in [3.8, 4) is 10.6 Å². The average molecular weight is 481 g/mol. The number of hydrogen-bond acceptors (Lipinski definition) is 7. The lowest BCUT2D eigenvalue weighted by Crippen LogP contribution is -2.15. The summed E-state index contributed by atoms with van der Waals surface area (Å²) in [6.07, 6.45) is 0. The van der Waals surface area contributed by atoms with E-state index in [0.717, 1.165) is 10.4 Å². The highest BCUT2D eigenvalue weighted by molar-refractivity contribution is 7.13. The molecular formula is C24H17ClN2O5S. The summed E-state index contributed by atoms with van der Waals surface area (Å²) in [7, 11) is 0. The van der Waals surface area contributed by atoms with Gasteiger partial charge in [0.1, 0.15) is 0 Å². The first kappa shape index (κ1) is 22.6. The molecule has 2 heterocycles. The van der Waals surface area contributed by atoms with Crippen LogP contribution in [0.3, 0.4) is 0 Å². The summed E-state index contributed by atoms with van der Waals surface area (Å²) in [4.78, 5) is 41.7. The van der Waals surface area contributed by atoms with Crippen LogP contribution in [0.25, 0.3) is 21.5 Å². The number of carbonyl (C=O) groups excluding carboxylic acids is 2. The van der Waals surface area contributed by atoms with Gasteiger partial charge in [-0.1, -0.05) is 35.9 Å². The molecule has 4 aromatic rings. The van der Waals surface area contributed by atoms with E-state index >= 15 is 0 Å². The fourth-order valence-corrected chi connectivity index (χ4v) is 4.23. The molecule has 166 valence electrons. The molecule has 0 saturated carbocycles. The maximum atomic E-state index is 13.0. The van der Waals surface area contributed by atoms with Crippen molar-refractivity contribution >= 4 is 51.3 Å². The zero-order valence-corrected chi connectivity index (χ0v) is 19.2. The van der Waals surface area contributed by atoms with Crippen LogP contribution in [0.4, 0.5) is 5.69 Å². The van der Waals surface area contributed by atoms with Crippen molar-refractivity contribution in [2.24, 2.45) is 0 Å². The van der Waals surface area contributed by atoms with Gasteiger partial charge in [0.15, 0.2) is 6.61 Å². The van der Waals surface area contributed by atoms with Gasteiger partial charge in [0.05, 0.1) is 26.6 Å².